The van der Waals surface area contributed by atoms with Gasteiger partial charge in [0.1, 0.15) is 5.75 Å². The molecule has 6 nitrogen and oxygen atoms in total. The monoisotopic (exact) mass is 348 g/mol. The van der Waals surface area contributed by atoms with Gasteiger partial charge in [0.2, 0.25) is 5.91 Å². The van der Waals surface area contributed by atoms with Crippen LogP contribution in [0.5, 0.6) is 5.75 Å². The van der Waals surface area contributed by atoms with Gasteiger partial charge in [-0.05, 0) is 30.3 Å². The number of anilines is 2. The lowest BCUT2D eigenvalue weighted by atomic mass is 10.2. The predicted octanol–water partition coefficient (Wildman–Crippen LogP) is 3.19. The van der Waals surface area contributed by atoms with Crippen LogP contribution in [-0.2, 0) is 9.53 Å². The topological polar surface area (TPSA) is 76.7 Å². The van der Waals surface area contributed by atoms with Crippen molar-refractivity contribution in [3.8, 4) is 5.75 Å². The van der Waals surface area contributed by atoms with E-state index in [9.17, 15) is 9.59 Å². The highest BCUT2D eigenvalue weighted by Gasteiger charge is 2.10. The van der Waals surface area contributed by atoms with E-state index in [1.165, 1.54) is 13.2 Å². The minimum atomic E-state index is -0.476. The highest BCUT2D eigenvalue weighted by atomic mass is 35.5. The molecule has 0 aliphatic heterocycles. The summed E-state index contributed by atoms with van der Waals surface area (Å²) in [5.74, 6) is -0.0899. The first kappa shape index (κ1) is 17.6. The second kappa shape index (κ2) is 8.21. The van der Waals surface area contributed by atoms with Gasteiger partial charge in [0.05, 0.1) is 37.0 Å². The number of hydrogen-bond donors (Lipinski definition) is 2. The van der Waals surface area contributed by atoms with E-state index in [1.807, 2.05) is 0 Å². The zero-order valence-corrected chi connectivity index (χ0v) is 14.0. The van der Waals surface area contributed by atoms with Crippen LogP contribution in [0.2, 0.25) is 5.02 Å². The molecule has 0 spiro atoms. The van der Waals surface area contributed by atoms with Gasteiger partial charge in [-0.1, -0.05) is 17.7 Å². The average Bonchev–Trinajstić information content (AvgIpc) is 2.60. The van der Waals surface area contributed by atoms with E-state index < -0.39 is 5.97 Å². The largest absolute Gasteiger partial charge is 0.497 e. The van der Waals surface area contributed by atoms with E-state index in [0.29, 0.717) is 27.7 Å². The molecule has 2 rings (SSSR count). The molecule has 0 aliphatic carbocycles. The smallest absolute Gasteiger partial charge is 0.337 e. The molecule has 0 radical (unpaired) electrons. The summed E-state index contributed by atoms with van der Waals surface area (Å²) in [6.45, 7) is -0.0123. The molecule has 7 heteroatoms. The molecular weight excluding hydrogens is 332 g/mol. The number of carbonyl (C=O) groups excluding carboxylic acids is 2. The van der Waals surface area contributed by atoms with Crippen LogP contribution < -0.4 is 15.4 Å². The van der Waals surface area contributed by atoms with E-state index in [1.54, 1.807) is 43.5 Å². The van der Waals surface area contributed by atoms with Gasteiger partial charge in [-0.25, -0.2) is 4.79 Å². The molecule has 0 unspecified atom stereocenters. The number of carbonyl (C=O) groups is 2. The average molecular weight is 349 g/mol. The number of esters is 1. The third kappa shape index (κ3) is 4.63. The van der Waals surface area contributed by atoms with E-state index in [2.05, 4.69) is 15.4 Å². The minimum Gasteiger partial charge on any atom is -0.497 e. The van der Waals surface area contributed by atoms with Gasteiger partial charge in [-0.3, -0.25) is 4.79 Å². The molecule has 0 saturated heterocycles. The van der Waals surface area contributed by atoms with Crippen LogP contribution in [0.25, 0.3) is 0 Å². The van der Waals surface area contributed by atoms with Crippen LogP contribution >= 0.6 is 11.6 Å². The Kier molecular flexibility index (Phi) is 6.03. The quantitative estimate of drug-likeness (QED) is 0.784. The number of nitrogens with one attached hydrogen (secondary N) is 2. The molecule has 24 heavy (non-hydrogen) atoms. The van der Waals surface area contributed by atoms with Gasteiger partial charge >= 0.3 is 5.97 Å². The summed E-state index contributed by atoms with van der Waals surface area (Å²) in [6, 6.07) is 11.7. The Hall–Kier alpha value is -2.73. The molecule has 0 aliphatic rings. The summed E-state index contributed by atoms with van der Waals surface area (Å²) < 4.78 is 9.76. The maximum absolute atomic E-state index is 12.0. The summed E-state index contributed by atoms with van der Waals surface area (Å²) in [5, 5.41) is 6.04. The van der Waals surface area contributed by atoms with Crippen LogP contribution in [0.4, 0.5) is 11.4 Å². The molecule has 0 aromatic heterocycles. The third-order valence-corrected chi connectivity index (χ3v) is 3.51. The van der Waals surface area contributed by atoms with Gasteiger partial charge in [-0.2, -0.15) is 0 Å². The van der Waals surface area contributed by atoms with Crippen molar-refractivity contribution >= 4 is 34.9 Å². The van der Waals surface area contributed by atoms with E-state index >= 15 is 0 Å². The molecule has 0 heterocycles. The van der Waals surface area contributed by atoms with Gasteiger partial charge in [0.15, 0.2) is 0 Å². The Labute approximate surface area is 144 Å². The van der Waals surface area contributed by atoms with Crippen molar-refractivity contribution in [3.63, 3.8) is 0 Å². The highest BCUT2D eigenvalue weighted by molar-refractivity contribution is 6.33. The number of hydrogen-bond acceptors (Lipinski definition) is 5. The summed E-state index contributed by atoms with van der Waals surface area (Å²) in [6.07, 6.45) is 0. The first-order chi connectivity index (χ1) is 11.5. The SMILES string of the molecule is COC(=O)c1ccc(Cl)c(NCC(=O)Nc2cccc(OC)c2)c1. The molecule has 1 amide bonds. The molecular formula is C17H17ClN2O4. The van der Waals surface area contributed by atoms with Crippen molar-refractivity contribution in [2.45, 2.75) is 0 Å². The summed E-state index contributed by atoms with van der Waals surface area (Å²) in [4.78, 5) is 23.6. The molecule has 2 aromatic rings. The van der Waals surface area contributed by atoms with Crippen LogP contribution in [0.3, 0.4) is 0 Å². The molecule has 2 N–H and O–H groups in total. The third-order valence-electron chi connectivity index (χ3n) is 3.18. The van der Waals surface area contributed by atoms with Gasteiger partial charge in [0, 0.05) is 11.8 Å². The zero-order chi connectivity index (χ0) is 17.5. The van der Waals surface area contributed by atoms with Gasteiger partial charge < -0.3 is 20.1 Å². The Bertz CT molecular complexity index is 749. The number of methoxy groups -OCH3 is 2. The Morgan fingerprint density at radius 3 is 2.62 bits per heavy atom. The number of benzene rings is 2. The predicted molar refractivity (Wildman–Crippen MR) is 92.9 cm³/mol. The molecule has 0 bridgehead atoms. The lowest BCUT2D eigenvalue weighted by molar-refractivity contribution is -0.114. The first-order valence-corrected chi connectivity index (χ1v) is 7.47. The van der Waals surface area contributed by atoms with Crippen LogP contribution in [0, 0.1) is 0 Å². The van der Waals surface area contributed by atoms with E-state index in [-0.39, 0.29) is 12.5 Å². The molecule has 0 atom stereocenters. The van der Waals surface area contributed by atoms with E-state index in [4.69, 9.17) is 16.3 Å². The fourth-order valence-corrected chi connectivity index (χ4v) is 2.17. The van der Waals surface area contributed by atoms with Gasteiger partial charge in [0.25, 0.3) is 0 Å². The number of ether oxygens (including phenoxy) is 2. The lowest BCUT2D eigenvalue weighted by Crippen LogP contribution is -2.22. The van der Waals surface area contributed by atoms with Crippen molar-refractivity contribution in [2.24, 2.45) is 0 Å². The van der Waals surface area contributed by atoms with Gasteiger partial charge in [-0.15, -0.1) is 0 Å². The Morgan fingerprint density at radius 2 is 1.92 bits per heavy atom. The summed E-state index contributed by atoms with van der Waals surface area (Å²) in [5.41, 5.74) is 1.44. The van der Waals surface area contributed by atoms with Crippen molar-refractivity contribution in [1.82, 2.24) is 0 Å². The Morgan fingerprint density at radius 1 is 1.12 bits per heavy atom. The normalized spacial score (nSPS) is 9.96. The fourth-order valence-electron chi connectivity index (χ4n) is 1.99. The van der Waals surface area contributed by atoms with E-state index in [0.717, 1.165) is 0 Å². The molecule has 2 aromatic carbocycles. The summed E-state index contributed by atoms with van der Waals surface area (Å²) >= 11 is 6.06. The van der Waals surface area contributed by atoms with Crippen molar-refractivity contribution in [2.75, 3.05) is 31.4 Å². The van der Waals surface area contributed by atoms with Crippen LogP contribution in [-0.4, -0.2) is 32.6 Å². The lowest BCUT2D eigenvalue weighted by Gasteiger charge is -2.11. The second-order valence-electron chi connectivity index (χ2n) is 4.82. The first-order valence-electron chi connectivity index (χ1n) is 7.09. The maximum Gasteiger partial charge on any atom is 0.337 e. The van der Waals surface area contributed by atoms with Crippen molar-refractivity contribution < 1.29 is 19.1 Å². The highest BCUT2D eigenvalue weighted by Crippen LogP contribution is 2.23. The molecule has 126 valence electrons. The fraction of sp³-hybridized carbons (Fsp3) is 0.176. The van der Waals surface area contributed by atoms with Crippen molar-refractivity contribution in [3.05, 3.63) is 53.1 Å². The standard InChI is InChI=1S/C17H17ClN2O4/c1-23-13-5-3-4-12(9-13)20-16(21)10-19-15-8-11(17(22)24-2)6-7-14(15)18/h3-9,19H,10H2,1-2H3,(H,20,21). The number of rotatable bonds is 6. The number of amides is 1. The second-order valence-corrected chi connectivity index (χ2v) is 5.23. The van der Waals surface area contributed by atoms with Crippen LogP contribution in [0.15, 0.2) is 42.5 Å². The molecule has 0 fully saturated rings. The molecule has 0 saturated carbocycles. The van der Waals surface area contributed by atoms with Crippen LogP contribution in [0.1, 0.15) is 10.4 Å². The summed E-state index contributed by atoms with van der Waals surface area (Å²) in [7, 11) is 2.85. The maximum atomic E-state index is 12.0. The zero-order valence-electron chi connectivity index (χ0n) is 13.3. The minimum absolute atomic E-state index is 0.0123. The van der Waals surface area contributed by atoms with Crippen molar-refractivity contribution in [1.29, 1.82) is 0 Å². The Balaban J connectivity index is 1.99. The number of halogens is 1.